The molecule has 0 aromatic heterocycles. The van der Waals surface area contributed by atoms with Gasteiger partial charge in [-0.3, -0.25) is 4.90 Å². The van der Waals surface area contributed by atoms with Crippen molar-refractivity contribution >= 4 is 5.69 Å². The Labute approximate surface area is 129 Å². The number of hydrogen-bond acceptors (Lipinski definition) is 3. The summed E-state index contributed by atoms with van der Waals surface area (Å²) in [5.41, 5.74) is 10.4. The molecule has 3 rings (SSSR count). The van der Waals surface area contributed by atoms with Crippen LogP contribution >= 0.6 is 0 Å². The molecule has 1 aliphatic heterocycles. The number of benzene rings is 1. The third-order valence-electron chi connectivity index (χ3n) is 5.45. The molecule has 0 amide bonds. The molecular formula is C18H29N3. The Kier molecular flexibility index (Phi) is 4.51. The van der Waals surface area contributed by atoms with Crippen LogP contribution in [0, 0.1) is 0 Å². The van der Waals surface area contributed by atoms with Gasteiger partial charge >= 0.3 is 0 Å². The fraction of sp³-hybridized carbons (Fsp3) is 0.667. The van der Waals surface area contributed by atoms with Gasteiger partial charge in [0, 0.05) is 37.9 Å². The summed E-state index contributed by atoms with van der Waals surface area (Å²) in [5.74, 6) is 0. The highest BCUT2D eigenvalue weighted by atomic mass is 15.2. The summed E-state index contributed by atoms with van der Waals surface area (Å²) in [6.45, 7) is 1.89. The fourth-order valence-electron chi connectivity index (χ4n) is 4.12. The summed E-state index contributed by atoms with van der Waals surface area (Å²) in [7, 11) is 4.46. The van der Waals surface area contributed by atoms with E-state index in [2.05, 4.69) is 42.1 Å². The first-order valence-corrected chi connectivity index (χ1v) is 8.46. The van der Waals surface area contributed by atoms with Gasteiger partial charge in [0.2, 0.25) is 0 Å². The molecule has 1 aromatic carbocycles. The first kappa shape index (κ1) is 14.9. The third-order valence-corrected chi connectivity index (χ3v) is 5.45. The molecule has 1 aliphatic carbocycles. The lowest BCUT2D eigenvalue weighted by atomic mass is 9.95. The maximum absolute atomic E-state index is 6.12. The number of nitrogens with zero attached hydrogens (tertiary/aromatic N) is 2. The molecule has 1 heterocycles. The molecule has 116 valence electrons. The molecule has 0 saturated heterocycles. The molecule has 0 radical (unpaired) electrons. The standard InChI is InChI=1S/C18H29N3/c1-20-11-5-6-14-12-15(9-10-17(14)20)18(13-19)21(2)16-7-3-4-8-16/h9-10,12,16,18H,3-8,11,13,19H2,1-2H3. The molecule has 3 heteroatoms. The van der Waals surface area contributed by atoms with E-state index in [0.717, 1.165) is 6.04 Å². The van der Waals surface area contributed by atoms with Crippen LogP contribution in [0.25, 0.3) is 0 Å². The van der Waals surface area contributed by atoms with Crippen LogP contribution in [-0.2, 0) is 6.42 Å². The summed E-state index contributed by atoms with van der Waals surface area (Å²) in [6, 6.07) is 8.09. The highest BCUT2D eigenvalue weighted by Gasteiger charge is 2.26. The first-order valence-electron chi connectivity index (χ1n) is 8.46. The van der Waals surface area contributed by atoms with Crippen molar-refractivity contribution in [1.29, 1.82) is 0 Å². The predicted octanol–water partition coefficient (Wildman–Crippen LogP) is 2.94. The van der Waals surface area contributed by atoms with Gasteiger partial charge in [0.1, 0.15) is 0 Å². The second-order valence-electron chi connectivity index (χ2n) is 6.77. The number of anilines is 1. The van der Waals surface area contributed by atoms with Crippen LogP contribution in [0.3, 0.4) is 0 Å². The van der Waals surface area contributed by atoms with Gasteiger partial charge in [-0.15, -0.1) is 0 Å². The summed E-state index contributed by atoms with van der Waals surface area (Å²) in [5, 5.41) is 0. The zero-order valence-corrected chi connectivity index (χ0v) is 13.5. The lowest BCUT2D eigenvalue weighted by Crippen LogP contribution is -2.37. The van der Waals surface area contributed by atoms with E-state index < -0.39 is 0 Å². The first-order chi connectivity index (χ1) is 10.2. The van der Waals surface area contributed by atoms with Crippen molar-refractivity contribution < 1.29 is 0 Å². The Morgan fingerprint density at radius 3 is 2.76 bits per heavy atom. The van der Waals surface area contributed by atoms with Crippen molar-refractivity contribution in [2.24, 2.45) is 5.73 Å². The Hall–Kier alpha value is -1.06. The third kappa shape index (κ3) is 2.95. The number of likely N-dealkylation sites (N-methyl/N-ethyl adjacent to an activating group) is 1. The smallest absolute Gasteiger partial charge is 0.0470 e. The minimum Gasteiger partial charge on any atom is -0.374 e. The molecule has 0 bridgehead atoms. The average Bonchev–Trinajstić information content (AvgIpc) is 3.02. The summed E-state index contributed by atoms with van der Waals surface area (Å²) < 4.78 is 0. The van der Waals surface area contributed by atoms with Crippen LogP contribution in [0.4, 0.5) is 5.69 Å². The Morgan fingerprint density at radius 1 is 1.29 bits per heavy atom. The van der Waals surface area contributed by atoms with Gasteiger partial charge in [-0.2, -0.15) is 0 Å². The Bertz CT molecular complexity index is 479. The molecule has 2 N–H and O–H groups in total. The predicted molar refractivity (Wildman–Crippen MR) is 89.8 cm³/mol. The highest BCUT2D eigenvalue weighted by Crippen LogP contribution is 2.33. The molecule has 1 saturated carbocycles. The van der Waals surface area contributed by atoms with Crippen molar-refractivity contribution in [2.75, 3.05) is 32.1 Å². The maximum Gasteiger partial charge on any atom is 0.0470 e. The molecule has 3 nitrogen and oxygen atoms in total. The average molecular weight is 287 g/mol. The van der Waals surface area contributed by atoms with E-state index in [9.17, 15) is 0 Å². The van der Waals surface area contributed by atoms with Crippen LogP contribution in [-0.4, -0.2) is 38.1 Å². The number of rotatable bonds is 4. The van der Waals surface area contributed by atoms with E-state index in [-0.39, 0.29) is 0 Å². The SMILES string of the molecule is CN1CCCc2cc(C(CN)N(C)C3CCCC3)ccc21. The van der Waals surface area contributed by atoms with E-state index >= 15 is 0 Å². The molecule has 1 unspecified atom stereocenters. The van der Waals surface area contributed by atoms with E-state index in [1.807, 2.05) is 0 Å². The van der Waals surface area contributed by atoms with Gasteiger partial charge in [0.15, 0.2) is 0 Å². The van der Waals surface area contributed by atoms with Crippen LogP contribution in [0.1, 0.15) is 49.3 Å². The molecular weight excluding hydrogens is 258 g/mol. The summed E-state index contributed by atoms with van der Waals surface area (Å²) >= 11 is 0. The monoisotopic (exact) mass is 287 g/mol. The molecule has 1 aromatic rings. The molecule has 21 heavy (non-hydrogen) atoms. The maximum atomic E-state index is 6.12. The van der Waals surface area contributed by atoms with Crippen molar-refractivity contribution in [3.05, 3.63) is 29.3 Å². The lowest BCUT2D eigenvalue weighted by molar-refractivity contribution is 0.179. The van der Waals surface area contributed by atoms with E-state index in [4.69, 9.17) is 5.73 Å². The lowest BCUT2D eigenvalue weighted by Gasteiger charge is -2.34. The van der Waals surface area contributed by atoms with Crippen LogP contribution in [0.15, 0.2) is 18.2 Å². The zero-order valence-electron chi connectivity index (χ0n) is 13.5. The Balaban J connectivity index is 1.83. The molecule has 2 aliphatic rings. The van der Waals surface area contributed by atoms with Gasteiger partial charge in [-0.1, -0.05) is 25.0 Å². The van der Waals surface area contributed by atoms with Gasteiger partial charge in [-0.25, -0.2) is 0 Å². The Morgan fingerprint density at radius 2 is 2.05 bits per heavy atom. The molecule has 1 fully saturated rings. The largest absolute Gasteiger partial charge is 0.374 e. The topological polar surface area (TPSA) is 32.5 Å². The number of hydrogen-bond donors (Lipinski definition) is 1. The van der Waals surface area contributed by atoms with E-state index in [1.165, 1.54) is 61.9 Å². The van der Waals surface area contributed by atoms with Gasteiger partial charge in [-0.05, 0) is 49.9 Å². The van der Waals surface area contributed by atoms with Gasteiger partial charge in [0.25, 0.3) is 0 Å². The van der Waals surface area contributed by atoms with Gasteiger partial charge < -0.3 is 10.6 Å². The van der Waals surface area contributed by atoms with Crippen molar-refractivity contribution in [3.8, 4) is 0 Å². The van der Waals surface area contributed by atoms with Gasteiger partial charge in [0.05, 0.1) is 0 Å². The number of aryl methyl sites for hydroxylation is 1. The number of nitrogens with two attached hydrogens (primary N) is 1. The number of fused-ring (bicyclic) bond motifs is 1. The minimum absolute atomic E-state index is 0.366. The second-order valence-corrected chi connectivity index (χ2v) is 6.77. The normalized spacial score (nSPS) is 20.9. The summed E-state index contributed by atoms with van der Waals surface area (Å²) in [6.07, 6.45) is 7.89. The van der Waals surface area contributed by atoms with Crippen molar-refractivity contribution in [3.63, 3.8) is 0 Å². The van der Waals surface area contributed by atoms with Crippen LogP contribution < -0.4 is 10.6 Å². The quantitative estimate of drug-likeness (QED) is 0.924. The van der Waals surface area contributed by atoms with Crippen molar-refractivity contribution in [2.45, 2.75) is 50.6 Å². The fourth-order valence-corrected chi connectivity index (χ4v) is 4.12. The van der Waals surface area contributed by atoms with Crippen molar-refractivity contribution in [1.82, 2.24) is 4.90 Å². The zero-order chi connectivity index (χ0) is 14.8. The minimum atomic E-state index is 0.366. The van der Waals surface area contributed by atoms with E-state index in [1.54, 1.807) is 0 Å². The van der Waals surface area contributed by atoms with E-state index in [0.29, 0.717) is 12.6 Å². The summed E-state index contributed by atoms with van der Waals surface area (Å²) in [4.78, 5) is 4.90. The highest BCUT2D eigenvalue weighted by molar-refractivity contribution is 5.56. The second kappa shape index (κ2) is 6.37. The molecule has 1 atom stereocenters. The molecule has 0 spiro atoms. The van der Waals surface area contributed by atoms with Crippen LogP contribution in [0.5, 0.6) is 0 Å². The van der Waals surface area contributed by atoms with Crippen LogP contribution in [0.2, 0.25) is 0 Å².